The molecule has 21 heavy (non-hydrogen) atoms. The van der Waals surface area contributed by atoms with Gasteiger partial charge in [-0.2, -0.15) is 0 Å². The Morgan fingerprint density at radius 1 is 1.29 bits per heavy atom. The Balaban J connectivity index is 1.82. The fourth-order valence-corrected chi connectivity index (χ4v) is 3.61. The Labute approximate surface area is 129 Å². The van der Waals surface area contributed by atoms with Gasteiger partial charge in [-0.1, -0.05) is 19.8 Å². The first kappa shape index (κ1) is 16.8. The Morgan fingerprint density at radius 3 is 2.62 bits per heavy atom. The minimum absolute atomic E-state index is 0.0440. The number of hydrogen-bond acceptors (Lipinski definition) is 3. The van der Waals surface area contributed by atoms with Gasteiger partial charge in [-0.3, -0.25) is 10.1 Å². The van der Waals surface area contributed by atoms with Gasteiger partial charge < -0.3 is 9.64 Å². The van der Waals surface area contributed by atoms with E-state index in [1.54, 1.807) is 0 Å². The SMILES string of the molecule is CCC1NC(C2CCCC2)N(CCCCOC(C)C)C1=O. The molecular formula is C17H32N2O2. The summed E-state index contributed by atoms with van der Waals surface area (Å²) in [6, 6.07) is 0.0440. The largest absolute Gasteiger partial charge is 0.379 e. The number of hydrogen-bond donors (Lipinski definition) is 1. The van der Waals surface area contributed by atoms with Gasteiger partial charge >= 0.3 is 0 Å². The summed E-state index contributed by atoms with van der Waals surface area (Å²) in [5.41, 5.74) is 0. The monoisotopic (exact) mass is 296 g/mol. The molecule has 0 spiro atoms. The number of carbonyl (C=O) groups excluding carboxylic acids is 1. The summed E-state index contributed by atoms with van der Waals surface area (Å²) in [5.74, 6) is 0.983. The smallest absolute Gasteiger partial charge is 0.241 e. The molecule has 0 aromatic heterocycles. The van der Waals surface area contributed by atoms with E-state index < -0.39 is 0 Å². The van der Waals surface area contributed by atoms with Crippen molar-refractivity contribution in [1.82, 2.24) is 10.2 Å². The Morgan fingerprint density at radius 2 is 2.00 bits per heavy atom. The van der Waals surface area contributed by atoms with Crippen LogP contribution in [-0.2, 0) is 9.53 Å². The molecule has 1 aliphatic heterocycles. The number of ether oxygens (including phenoxy) is 1. The maximum absolute atomic E-state index is 12.5. The lowest BCUT2D eigenvalue weighted by molar-refractivity contribution is -0.130. The number of rotatable bonds is 8. The Kier molecular flexibility index (Phi) is 6.49. The molecule has 2 unspecified atom stereocenters. The summed E-state index contributed by atoms with van der Waals surface area (Å²) < 4.78 is 5.58. The third-order valence-corrected chi connectivity index (χ3v) is 4.79. The highest BCUT2D eigenvalue weighted by Crippen LogP contribution is 2.32. The third-order valence-electron chi connectivity index (χ3n) is 4.79. The lowest BCUT2D eigenvalue weighted by atomic mass is 10.0. The van der Waals surface area contributed by atoms with E-state index in [0.29, 0.717) is 17.9 Å². The standard InChI is InChI=1S/C17H32N2O2/c1-4-15-17(20)19(11-7-8-12-21-13(2)3)16(18-15)14-9-5-6-10-14/h13-16,18H,4-12H2,1-3H3. The van der Waals surface area contributed by atoms with Crippen LogP contribution < -0.4 is 5.32 Å². The van der Waals surface area contributed by atoms with Gasteiger partial charge in [-0.15, -0.1) is 0 Å². The molecule has 1 amide bonds. The molecule has 0 radical (unpaired) electrons. The zero-order valence-corrected chi connectivity index (χ0v) is 13.9. The van der Waals surface area contributed by atoms with Crippen LogP contribution in [0, 0.1) is 5.92 Å². The minimum Gasteiger partial charge on any atom is -0.379 e. The Bertz CT molecular complexity index is 327. The van der Waals surface area contributed by atoms with Gasteiger partial charge in [0.15, 0.2) is 0 Å². The molecule has 0 aromatic rings. The minimum atomic E-state index is 0.0440. The molecule has 122 valence electrons. The first-order valence-corrected chi connectivity index (χ1v) is 8.81. The highest BCUT2D eigenvalue weighted by atomic mass is 16.5. The van der Waals surface area contributed by atoms with Crippen LogP contribution in [0.1, 0.15) is 65.7 Å². The zero-order chi connectivity index (χ0) is 15.2. The van der Waals surface area contributed by atoms with Gasteiger partial charge in [0.25, 0.3) is 0 Å². The summed E-state index contributed by atoms with van der Waals surface area (Å²) >= 11 is 0. The summed E-state index contributed by atoms with van der Waals surface area (Å²) in [5, 5.41) is 3.59. The molecular weight excluding hydrogens is 264 g/mol. The van der Waals surface area contributed by atoms with E-state index in [1.165, 1.54) is 25.7 Å². The summed E-state index contributed by atoms with van der Waals surface area (Å²) in [4.78, 5) is 14.6. The van der Waals surface area contributed by atoms with Crippen LogP contribution in [0.4, 0.5) is 0 Å². The van der Waals surface area contributed by atoms with Crippen molar-refractivity contribution in [2.24, 2.45) is 5.92 Å². The molecule has 2 atom stereocenters. The summed E-state index contributed by atoms with van der Waals surface area (Å²) in [6.45, 7) is 7.91. The molecule has 1 heterocycles. The average molecular weight is 296 g/mol. The van der Waals surface area contributed by atoms with Crippen molar-refractivity contribution in [1.29, 1.82) is 0 Å². The van der Waals surface area contributed by atoms with Crippen LogP contribution in [-0.4, -0.2) is 42.3 Å². The highest BCUT2D eigenvalue weighted by Gasteiger charge is 2.41. The topological polar surface area (TPSA) is 41.6 Å². The zero-order valence-electron chi connectivity index (χ0n) is 13.9. The second-order valence-corrected chi connectivity index (χ2v) is 6.78. The molecule has 2 rings (SSSR count). The van der Waals surface area contributed by atoms with Crippen LogP contribution in [0.25, 0.3) is 0 Å². The van der Waals surface area contributed by atoms with E-state index in [-0.39, 0.29) is 12.2 Å². The number of nitrogens with one attached hydrogen (secondary N) is 1. The first-order chi connectivity index (χ1) is 10.1. The molecule has 2 aliphatic rings. The maximum atomic E-state index is 12.5. The van der Waals surface area contributed by atoms with E-state index in [1.807, 2.05) is 0 Å². The van der Waals surface area contributed by atoms with E-state index in [0.717, 1.165) is 32.4 Å². The lowest BCUT2D eigenvalue weighted by Gasteiger charge is -2.29. The van der Waals surface area contributed by atoms with Crippen molar-refractivity contribution in [2.45, 2.75) is 84.0 Å². The fourth-order valence-electron chi connectivity index (χ4n) is 3.61. The van der Waals surface area contributed by atoms with E-state index >= 15 is 0 Å². The van der Waals surface area contributed by atoms with E-state index in [4.69, 9.17) is 4.74 Å². The predicted molar refractivity (Wildman–Crippen MR) is 85.0 cm³/mol. The highest BCUT2D eigenvalue weighted by molar-refractivity contribution is 5.84. The van der Waals surface area contributed by atoms with Crippen LogP contribution in [0.3, 0.4) is 0 Å². The summed E-state index contributed by atoms with van der Waals surface area (Å²) in [6.07, 6.45) is 8.76. The molecule has 1 saturated heterocycles. The number of nitrogens with zero attached hydrogens (tertiary/aromatic N) is 1. The van der Waals surface area contributed by atoms with Crippen molar-refractivity contribution < 1.29 is 9.53 Å². The maximum Gasteiger partial charge on any atom is 0.241 e. The predicted octanol–water partition coefficient (Wildman–Crippen LogP) is 2.92. The molecule has 4 heteroatoms. The van der Waals surface area contributed by atoms with Crippen LogP contribution >= 0.6 is 0 Å². The average Bonchev–Trinajstić information content (AvgIpc) is 3.07. The summed E-state index contributed by atoms with van der Waals surface area (Å²) in [7, 11) is 0. The van der Waals surface area contributed by atoms with Gasteiger partial charge in [-0.25, -0.2) is 0 Å². The molecule has 0 aromatic carbocycles. The van der Waals surface area contributed by atoms with Crippen molar-refractivity contribution in [2.75, 3.05) is 13.2 Å². The molecule has 1 saturated carbocycles. The number of carbonyl (C=O) groups is 1. The molecule has 1 N–H and O–H groups in total. The fraction of sp³-hybridized carbons (Fsp3) is 0.941. The normalized spacial score (nSPS) is 27.2. The van der Waals surface area contributed by atoms with Crippen LogP contribution in [0.15, 0.2) is 0 Å². The molecule has 4 nitrogen and oxygen atoms in total. The Hall–Kier alpha value is -0.610. The van der Waals surface area contributed by atoms with Gasteiger partial charge in [0.1, 0.15) is 0 Å². The second kappa shape index (κ2) is 8.14. The third kappa shape index (κ3) is 4.43. The number of amides is 1. The molecule has 1 aliphatic carbocycles. The quantitative estimate of drug-likeness (QED) is 0.700. The lowest BCUT2D eigenvalue weighted by Crippen LogP contribution is -2.43. The molecule has 0 bridgehead atoms. The molecule has 2 fully saturated rings. The van der Waals surface area contributed by atoms with Crippen molar-refractivity contribution in [3.05, 3.63) is 0 Å². The van der Waals surface area contributed by atoms with Crippen molar-refractivity contribution >= 4 is 5.91 Å². The van der Waals surface area contributed by atoms with Crippen molar-refractivity contribution in [3.63, 3.8) is 0 Å². The number of unbranched alkanes of at least 4 members (excludes halogenated alkanes) is 1. The van der Waals surface area contributed by atoms with E-state index in [9.17, 15) is 4.79 Å². The van der Waals surface area contributed by atoms with Crippen LogP contribution in [0.2, 0.25) is 0 Å². The van der Waals surface area contributed by atoms with Gasteiger partial charge in [-0.05, 0) is 51.9 Å². The second-order valence-electron chi connectivity index (χ2n) is 6.78. The van der Waals surface area contributed by atoms with Gasteiger partial charge in [0.05, 0.1) is 18.3 Å². The van der Waals surface area contributed by atoms with Gasteiger partial charge in [0.2, 0.25) is 5.91 Å². The van der Waals surface area contributed by atoms with Gasteiger partial charge in [0, 0.05) is 13.2 Å². The van der Waals surface area contributed by atoms with Crippen LogP contribution in [0.5, 0.6) is 0 Å². The van der Waals surface area contributed by atoms with Crippen molar-refractivity contribution in [3.8, 4) is 0 Å². The first-order valence-electron chi connectivity index (χ1n) is 8.81. The van der Waals surface area contributed by atoms with E-state index in [2.05, 4.69) is 31.0 Å².